The van der Waals surface area contributed by atoms with Crippen molar-refractivity contribution in [2.24, 2.45) is 0 Å². The van der Waals surface area contributed by atoms with Crippen LogP contribution >= 0.6 is 15.9 Å². The van der Waals surface area contributed by atoms with Crippen LogP contribution in [0.3, 0.4) is 0 Å². The lowest BCUT2D eigenvalue weighted by molar-refractivity contribution is -0.128. The number of hydrogen-bond acceptors (Lipinski definition) is 4. The maximum absolute atomic E-state index is 12.6. The van der Waals surface area contributed by atoms with Gasteiger partial charge >= 0.3 is 0 Å². The van der Waals surface area contributed by atoms with E-state index in [0.29, 0.717) is 16.9 Å². The van der Waals surface area contributed by atoms with E-state index in [1.807, 2.05) is 24.3 Å². The van der Waals surface area contributed by atoms with Crippen LogP contribution in [0.15, 0.2) is 71.2 Å². The van der Waals surface area contributed by atoms with E-state index in [1.165, 1.54) is 0 Å². The van der Waals surface area contributed by atoms with Crippen LogP contribution in [-0.2, 0) is 4.79 Å². The predicted molar refractivity (Wildman–Crippen MR) is 115 cm³/mol. The van der Waals surface area contributed by atoms with Crippen LogP contribution in [0.4, 0.5) is 0 Å². The number of rotatable bonds is 4. The molecule has 4 rings (SSSR count). The van der Waals surface area contributed by atoms with Crippen molar-refractivity contribution in [1.29, 1.82) is 0 Å². The average Bonchev–Trinajstić information content (AvgIpc) is 3.03. The van der Waals surface area contributed by atoms with Crippen molar-refractivity contribution in [3.63, 3.8) is 0 Å². The van der Waals surface area contributed by atoms with Crippen molar-refractivity contribution >= 4 is 33.5 Å². The van der Waals surface area contributed by atoms with Gasteiger partial charge in [-0.2, -0.15) is 0 Å². The van der Waals surface area contributed by atoms with E-state index < -0.39 is 17.9 Å². The third-order valence-electron chi connectivity index (χ3n) is 4.77. The summed E-state index contributed by atoms with van der Waals surface area (Å²) in [4.78, 5) is 37.3. The van der Waals surface area contributed by atoms with Gasteiger partial charge < -0.3 is 4.74 Å². The smallest absolute Gasteiger partial charge is 0.279 e. The number of ether oxygens (including phenoxy) is 1. The van der Waals surface area contributed by atoms with Crippen LogP contribution in [0, 0.1) is 0 Å². The first-order valence-corrected chi connectivity index (χ1v) is 10.0. The Bertz CT molecular complexity index is 1180. The molecule has 0 radical (unpaired) electrons. The number of ketones is 1. The predicted octanol–water partition coefficient (Wildman–Crippen LogP) is 3.89. The van der Waals surface area contributed by atoms with Gasteiger partial charge in [0.05, 0.1) is 0 Å². The standard InChI is InChI=1S/C23H17BrN2O4/c1-13(30-16-6-4-5-15(24)12-16)22(28)25-26-23(29)14-9-10-18-17-7-2-3-8-19(17)21(27)20(18)11-14/h2-13H,1H3,(H,25,28)(H,26,29). The molecule has 0 bridgehead atoms. The van der Waals surface area contributed by atoms with Crippen LogP contribution in [0.5, 0.6) is 5.75 Å². The number of hydrogen-bond donors (Lipinski definition) is 2. The Morgan fingerprint density at radius 2 is 1.60 bits per heavy atom. The number of fused-ring (bicyclic) bond motifs is 3. The molecule has 0 spiro atoms. The van der Waals surface area contributed by atoms with E-state index in [0.717, 1.165) is 15.6 Å². The highest BCUT2D eigenvalue weighted by molar-refractivity contribution is 9.10. The van der Waals surface area contributed by atoms with Gasteiger partial charge in [0, 0.05) is 21.2 Å². The lowest BCUT2D eigenvalue weighted by Gasteiger charge is -2.15. The van der Waals surface area contributed by atoms with Gasteiger partial charge in [0.25, 0.3) is 11.8 Å². The molecule has 0 aliphatic heterocycles. The largest absolute Gasteiger partial charge is 0.481 e. The summed E-state index contributed by atoms with van der Waals surface area (Å²) < 4.78 is 6.40. The Labute approximate surface area is 181 Å². The molecule has 0 saturated carbocycles. The van der Waals surface area contributed by atoms with Gasteiger partial charge in [-0.1, -0.05) is 52.3 Å². The van der Waals surface area contributed by atoms with Gasteiger partial charge in [-0.05, 0) is 48.4 Å². The lowest BCUT2D eigenvalue weighted by Crippen LogP contribution is -2.47. The Kier molecular flexibility index (Phi) is 5.37. The molecule has 1 aliphatic carbocycles. The molecule has 3 aromatic carbocycles. The minimum absolute atomic E-state index is 0.115. The highest BCUT2D eigenvalue weighted by Crippen LogP contribution is 2.36. The zero-order valence-electron chi connectivity index (χ0n) is 15.9. The van der Waals surface area contributed by atoms with Gasteiger partial charge in [-0.15, -0.1) is 0 Å². The molecule has 1 unspecified atom stereocenters. The van der Waals surface area contributed by atoms with Crippen molar-refractivity contribution in [3.8, 4) is 16.9 Å². The second-order valence-electron chi connectivity index (χ2n) is 6.80. The number of carbonyl (C=O) groups excluding carboxylic acids is 3. The van der Waals surface area contributed by atoms with E-state index in [9.17, 15) is 14.4 Å². The van der Waals surface area contributed by atoms with Crippen molar-refractivity contribution in [3.05, 3.63) is 87.9 Å². The van der Waals surface area contributed by atoms with Crippen LogP contribution in [0.25, 0.3) is 11.1 Å². The fourth-order valence-corrected chi connectivity index (χ4v) is 3.64. The van der Waals surface area contributed by atoms with Crippen molar-refractivity contribution in [1.82, 2.24) is 10.9 Å². The minimum atomic E-state index is -0.823. The highest BCUT2D eigenvalue weighted by atomic mass is 79.9. The molecule has 6 nitrogen and oxygen atoms in total. The molecule has 0 aromatic heterocycles. The molecular formula is C23H17BrN2O4. The Hall–Kier alpha value is -3.45. The van der Waals surface area contributed by atoms with E-state index in [1.54, 1.807) is 49.4 Å². The molecule has 0 saturated heterocycles. The number of benzene rings is 3. The summed E-state index contributed by atoms with van der Waals surface area (Å²) in [5.41, 5.74) is 7.74. The maximum atomic E-state index is 12.6. The van der Waals surface area contributed by atoms with Crippen LogP contribution < -0.4 is 15.6 Å². The van der Waals surface area contributed by atoms with Gasteiger partial charge in [-0.3, -0.25) is 25.2 Å². The number of nitrogens with one attached hydrogen (secondary N) is 2. The molecule has 0 heterocycles. The Morgan fingerprint density at radius 1 is 0.867 bits per heavy atom. The average molecular weight is 465 g/mol. The van der Waals surface area contributed by atoms with Crippen LogP contribution in [-0.4, -0.2) is 23.7 Å². The SMILES string of the molecule is CC(Oc1cccc(Br)c1)C(=O)NNC(=O)c1ccc2c(c1)C(=O)c1ccccc1-2. The fraction of sp³-hybridized carbons (Fsp3) is 0.0870. The first kappa shape index (κ1) is 19.8. The minimum Gasteiger partial charge on any atom is -0.481 e. The first-order valence-electron chi connectivity index (χ1n) is 9.24. The third kappa shape index (κ3) is 3.84. The monoisotopic (exact) mass is 464 g/mol. The number of carbonyl (C=O) groups is 3. The molecule has 150 valence electrons. The van der Waals surface area contributed by atoms with E-state index in [-0.39, 0.29) is 11.3 Å². The Balaban J connectivity index is 1.40. The zero-order valence-corrected chi connectivity index (χ0v) is 17.5. The maximum Gasteiger partial charge on any atom is 0.279 e. The molecule has 2 N–H and O–H groups in total. The van der Waals surface area contributed by atoms with Crippen molar-refractivity contribution in [2.75, 3.05) is 0 Å². The van der Waals surface area contributed by atoms with E-state index in [4.69, 9.17) is 4.74 Å². The highest BCUT2D eigenvalue weighted by Gasteiger charge is 2.27. The third-order valence-corrected chi connectivity index (χ3v) is 5.26. The second kappa shape index (κ2) is 8.12. The summed E-state index contributed by atoms with van der Waals surface area (Å²) in [5, 5.41) is 0. The summed E-state index contributed by atoms with van der Waals surface area (Å²) in [6.45, 7) is 1.58. The summed E-state index contributed by atoms with van der Waals surface area (Å²) in [6.07, 6.45) is -0.823. The van der Waals surface area contributed by atoms with E-state index in [2.05, 4.69) is 26.8 Å². The zero-order chi connectivity index (χ0) is 21.3. The molecular weight excluding hydrogens is 448 g/mol. The summed E-state index contributed by atoms with van der Waals surface area (Å²) >= 11 is 3.34. The topological polar surface area (TPSA) is 84.5 Å². The van der Waals surface area contributed by atoms with Gasteiger partial charge in [0.2, 0.25) is 0 Å². The van der Waals surface area contributed by atoms with Crippen LogP contribution in [0.1, 0.15) is 33.2 Å². The van der Waals surface area contributed by atoms with Crippen LogP contribution in [0.2, 0.25) is 0 Å². The number of hydrazine groups is 1. The van der Waals surface area contributed by atoms with Gasteiger partial charge in [-0.25, -0.2) is 0 Å². The number of halogens is 1. The second-order valence-corrected chi connectivity index (χ2v) is 7.71. The quantitative estimate of drug-likeness (QED) is 0.448. The summed E-state index contributed by atoms with van der Waals surface area (Å²) in [7, 11) is 0. The number of amides is 2. The first-order chi connectivity index (χ1) is 14.4. The van der Waals surface area contributed by atoms with Crippen molar-refractivity contribution in [2.45, 2.75) is 13.0 Å². The molecule has 3 aromatic rings. The molecule has 1 atom stereocenters. The fourth-order valence-electron chi connectivity index (χ4n) is 3.26. The molecule has 1 aliphatic rings. The Morgan fingerprint density at radius 3 is 2.37 bits per heavy atom. The molecule has 30 heavy (non-hydrogen) atoms. The van der Waals surface area contributed by atoms with Gasteiger partial charge in [0.1, 0.15) is 5.75 Å². The normalized spacial score (nSPS) is 12.5. The van der Waals surface area contributed by atoms with E-state index >= 15 is 0 Å². The lowest BCUT2D eigenvalue weighted by atomic mass is 10.0. The van der Waals surface area contributed by atoms with Crippen molar-refractivity contribution < 1.29 is 19.1 Å². The summed E-state index contributed by atoms with van der Waals surface area (Å²) in [5.74, 6) is -0.622. The molecule has 0 fully saturated rings. The molecule has 2 amide bonds. The molecule has 7 heteroatoms. The van der Waals surface area contributed by atoms with Gasteiger partial charge in [0.15, 0.2) is 11.9 Å². The summed E-state index contributed by atoms with van der Waals surface area (Å²) in [6, 6.07) is 19.3.